The van der Waals surface area contributed by atoms with E-state index < -0.39 is 5.76 Å². The minimum absolute atomic E-state index is 0.0502. The van der Waals surface area contributed by atoms with Crippen LogP contribution in [0.1, 0.15) is 18.9 Å². The molecular formula is C13H17N3O3. The molecule has 0 aliphatic rings. The van der Waals surface area contributed by atoms with Crippen molar-refractivity contribution in [1.29, 1.82) is 0 Å². The van der Waals surface area contributed by atoms with Crippen LogP contribution in [0.15, 0.2) is 27.4 Å². The second kappa shape index (κ2) is 5.71. The van der Waals surface area contributed by atoms with Gasteiger partial charge in [-0.1, -0.05) is 13.0 Å². The van der Waals surface area contributed by atoms with Gasteiger partial charge in [-0.3, -0.25) is 9.78 Å². The van der Waals surface area contributed by atoms with E-state index in [1.165, 1.54) is 0 Å². The number of nitrogens with one attached hydrogen (secondary N) is 2. The van der Waals surface area contributed by atoms with Crippen molar-refractivity contribution < 1.29 is 9.21 Å². The van der Waals surface area contributed by atoms with E-state index in [2.05, 4.69) is 10.3 Å². The summed E-state index contributed by atoms with van der Waals surface area (Å²) in [5.74, 6) is -0.686. The molecule has 6 nitrogen and oxygen atoms in total. The first-order chi connectivity index (χ1) is 9.13. The van der Waals surface area contributed by atoms with Gasteiger partial charge in [-0.15, -0.1) is 0 Å². The molecule has 2 aromatic rings. The van der Waals surface area contributed by atoms with Crippen LogP contribution in [0.4, 0.5) is 0 Å². The fraction of sp³-hybridized carbons (Fsp3) is 0.385. The van der Waals surface area contributed by atoms with Crippen LogP contribution >= 0.6 is 0 Å². The third-order valence-electron chi connectivity index (χ3n) is 3.10. The highest BCUT2D eigenvalue weighted by atomic mass is 16.4. The zero-order chi connectivity index (χ0) is 13.8. The largest absolute Gasteiger partial charge is 0.417 e. The molecular weight excluding hydrogens is 246 g/mol. The first-order valence-corrected chi connectivity index (χ1v) is 6.23. The molecule has 0 spiro atoms. The van der Waals surface area contributed by atoms with Gasteiger partial charge in [0, 0.05) is 19.0 Å². The maximum absolute atomic E-state index is 11.8. The van der Waals surface area contributed by atoms with Crippen molar-refractivity contribution in [3.05, 3.63) is 34.3 Å². The van der Waals surface area contributed by atoms with Crippen molar-refractivity contribution in [2.45, 2.75) is 19.9 Å². The normalized spacial score (nSPS) is 12.5. The molecule has 0 bridgehead atoms. The second-order valence-corrected chi connectivity index (χ2v) is 4.40. The van der Waals surface area contributed by atoms with Gasteiger partial charge in [0.2, 0.25) is 5.91 Å². The van der Waals surface area contributed by atoms with E-state index in [0.29, 0.717) is 24.2 Å². The second-order valence-electron chi connectivity index (χ2n) is 4.40. The van der Waals surface area contributed by atoms with Gasteiger partial charge in [-0.05, 0) is 24.1 Å². The molecule has 0 aliphatic carbocycles. The molecule has 4 N–H and O–H groups in total. The van der Waals surface area contributed by atoms with E-state index in [1.807, 2.05) is 13.0 Å². The van der Waals surface area contributed by atoms with E-state index in [1.54, 1.807) is 12.1 Å². The predicted octanol–water partition coefficient (Wildman–Crippen LogP) is 0.722. The molecule has 0 fully saturated rings. The van der Waals surface area contributed by atoms with Gasteiger partial charge in [0.05, 0.1) is 5.52 Å². The number of carbonyl (C=O) groups is 1. The number of benzene rings is 1. The zero-order valence-corrected chi connectivity index (χ0v) is 10.7. The summed E-state index contributed by atoms with van der Waals surface area (Å²) in [5.41, 5.74) is 7.55. The van der Waals surface area contributed by atoms with Crippen molar-refractivity contribution >= 4 is 17.0 Å². The van der Waals surface area contributed by atoms with Gasteiger partial charge in [0.15, 0.2) is 5.58 Å². The molecule has 0 saturated carbocycles. The topological polar surface area (TPSA) is 101 Å². The number of H-pyrrole nitrogens is 1. The molecule has 1 aromatic heterocycles. The fourth-order valence-electron chi connectivity index (χ4n) is 1.90. The van der Waals surface area contributed by atoms with Crippen LogP contribution in [0.3, 0.4) is 0 Å². The highest BCUT2D eigenvalue weighted by Crippen LogP contribution is 2.12. The molecule has 19 heavy (non-hydrogen) atoms. The third kappa shape index (κ3) is 3.03. The Morgan fingerprint density at radius 1 is 1.53 bits per heavy atom. The molecule has 1 amide bonds. The SMILES string of the molecule is CCC(CN)C(=O)NCc1ccc2oc(=O)[nH]c2c1. The molecule has 2 rings (SSSR count). The number of rotatable bonds is 5. The van der Waals surface area contributed by atoms with Crippen LogP contribution in [-0.2, 0) is 11.3 Å². The van der Waals surface area contributed by atoms with Gasteiger partial charge in [0.25, 0.3) is 0 Å². The fourth-order valence-corrected chi connectivity index (χ4v) is 1.90. The van der Waals surface area contributed by atoms with Crippen LogP contribution in [0.5, 0.6) is 0 Å². The summed E-state index contributed by atoms with van der Waals surface area (Å²) in [6.07, 6.45) is 0.719. The van der Waals surface area contributed by atoms with E-state index in [4.69, 9.17) is 10.2 Å². The summed E-state index contributed by atoms with van der Waals surface area (Å²) in [7, 11) is 0. The highest BCUT2D eigenvalue weighted by molar-refractivity contribution is 5.79. The molecule has 1 atom stereocenters. The van der Waals surface area contributed by atoms with Crippen molar-refractivity contribution in [2.24, 2.45) is 11.7 Å². The van der Waals surface area contributed by atoms with Crippen LogP contribution in [0.2, 0.25) is 0 Å². The Hall–Kier alpha value is -2.08. The molecule has 1 unspecified atom stereocenters. The van der Waals surface area contributed by atoms with Gasteiger partial charge in [-0.2, -0.15) is 0 Å². The minimum Gasteiger partial charge on any atom is -0.408 e. The van der Waals surface area contributed by atoms with E-state index >= 15 is 0 Å². The molecule has 0 aliphatic heterocycles. The van der Waals surface area contributed by atoms with Crippen LogP contribution in [0.25, 0.3) is 11.1 Å². The number of nitrogens with two attached hydrogens (primary N) is 1. The number of hydrogen-bond acceptors (Lipinski definition) is 4. The summed E-state index contributed by atoms with van der Waals surface area (Å²) >= 11 is 0. The van der Waals surface area contributed by atoms with Crippen molar-refractivity contribution in [2.75, 3.05) is 6.54 Å². The maximum Gasteiger partial charge on any atom is 0.417 e. The summed E-state index contributed by atoms with van der Waals surface area (Å²) in [4.78, 5) is 25.4. The monoisotopic (exact) mass is 263 g/mol. The Morgan fingerprint density at radius 3 is 3.00 bits per heavy atom. The number of amides is 1. The summed E-state index contributed by atoms with van der Waals surface area (Å²) in [5, 5.41) is 2.83. The Morgan fingerprint density at radius 2 is 2.32 bits per heavy atom. The number of carbonyl (C=O) groups excluding carboxylic acids is 1. The molecule has 0 radical (unpaired) electrons. The third-order valence-corrected chi connectivity index (χ3v) is 3.10. The lowest BCUT2D eigenvalue weighted by atomic mass is 10.1. The van der Waals surface area contributed by atoms with Crippen molar-refractivity contribution in [1.82, 2.24) is 10.3 Å². The van der Waals surface area contributed by atoms with E-state index in [9.17, 15) is 9.59 Å². The minimum atomic E-state index is -0.481. The number of hydrogen-bond donors (Lipinski definition) is 3. The van der Waals surface area contributed by atoms with Gasteiger partial charge >= 0.3 is 5.76 Å². The lowest BCUT2D eigenvalue weighted by Crippen LogP contribution is -2.34. The van der Waals surface area contributed by atoms with Crippen molar-refractivity contribution in [3.8, 4) is 0 Å². The van der Waals surface area contributed by atoms with Crippen LogP contribution in [-0.4, -0.2) is 17.4 Å². The first kappa shape index (κ1) is 13.4. The molecule has 1 aromatic carbocycles. The average Bonchev–Trinajstić information content (AvgIpc) is 2.77. The van der Waals surface area contributed by atoms with Gasteiger partial charge < -0.3 is 15.5 Å². The van der Waals surface area contributed by atoms with E-state index in [0.717, 1.165) is 12.0 Å². The summed E-state index contributed by atoms with van der Waals surface area (Å²) < 4.78 is 4.91. The number of aromatic amines is 1. The summed E-state index contributed by atoms with van der Waals surface area (Å²) in [6, 6.07) is 5.29. The Balaban J connectivity index is 2.05. The molecule has 102 valence electrons. The summed E-state index contributed by atoms with van der Waals surface area (Å²) in [6.45, 7) is 2.67. The standard InChI is InChI=1S/C13H17N3O3/c1-2-9(6-14)12(17)15-7-8-3-4-11-10(5-8)16-13(18)19-11/h3-5,9H,2,6-7,14H2,1H3,(H,15,17)(H,16,18). The Bertz CT molecular complexity index is 625. The van der Waals surface area contributed by atoms with Gasteiger partial charge in [0.1, 0.15) is 0 Å². The van der Waals surface area contributed by atoms with Crippen molar-refractivity contribution in [3.63, 3.8) is 0 Å². The number of aromatic nitrogens is 1. The molecule has 1 heterocycles. The maximum atomic E-state index is 11.8. The van der Waals surface area contributed by atoms with Crippen LogP contribution in [0, 0.1) is 5.92 Å². The Labute approximate surface area is 110 Å². The average molecular weight is 263 g/mol. The van der Waals surface area contributed by atoms with Gasteiger partial charge in [-0.25, -0.2) is 4.79 Å². The molecule has 0 saturated heterocycles. The van der Waals surface area contributed by atoms with E-state index in [-0.39, 0.29) is 11.8 Å². The molecule has 6 heteroatoms. The number of oxazole rings is 1. The smallest absolute Gasteiger partial charge is 0.408 e. The lowest BCUT2D eigenvalue weighted by Gasteiger charge is -2.12. The quantitative estimate of drug-likeness (QED) is 0.739. The lowest BCUT2D eigenvalue weighted by molar-refractivity contribution is -0.124. The first-order valence-electron chi connectivity index (χ1n) is 6.23. The highest BCUT2D eigenvalue weighted by Gasteiger charge is 2.13. The van der Waals surface area contributed by atoms with Crippen LogP contribution < -0.4 is 16.8 Å². The predicted molar refractivity (Wildman–Crippen MR) is 71.5 cm³/mol. The number of fused-ring (bicyclic) bond motifs is 1. The Kier molecular flexibility index (Phi) is 4.01. The zero-order valence-electron chi connectivity index (χ0n) is 10.7.